The number of nitrogens with zero attached hydrogens (tertiary/aromatic N) is 3. The SMILES string of the molecule is CCN(CC)CCNC(=O)C1CN(C(=O)c2cccs2)Cc2cccnc21. The van der Waals surface area contributed by atoms with E-state index in [1.807, 2.05) is 29.6 Å². The van der Waals surface area contributed by atoms with Gasteiger partial charge in [-0.15, -0.1) is 11.3 Å². The molecule has 0 radical (unpaired) electrons. The standard InChI is InChI=1S/C20H26N4O2S/c1-3-23(4-2)11-10-22-19(25)16-14-24(20(26)17-8-6-12-27-17)13-15-7-5-9-21-18(15)16/h5-9,12,16H,3-4,10-11,13-14H2,1-2H3,(H,22,25). The summed E-state index contributed by atoms with van der Waals surface area (Å²) in [5, 5.41) is 4.92. The molecule has 6 nitrogen and oxygen atoms in total. The maximum Gasteiger partial charge on any atom is 0.264 e. The second-order valence-corrected chi connectivity index (χ2v) is 7.53. The molecule has 1 aliphatic rings. The first kappa shape index (κ1) is 19.5. The van der Waals surface area contributed by atoms with E-state index >= 15 is 0 Å². The number of nitrogens with one attached hydrogen (secondary N) is 1. The number of aromatic nitrogens is 1. The van der Waals surface area contributed by atoms with E-state index in [-0.39, 0.29) is 11.8 Å². The zero-order valence-corrected chi connectivity index (χ0v) is 16.7. The molecule has 27 heavy (non-hydrogen) atoms. The van der Waals surface area contributed by atoms with Crippen LogP contribution in [0.15, 0.2) is 35.8 Å². The van der Waals surface area contributed by atoms with Crippen LogP contribution in [-0.4, -0.2) is 59.3 Å². The van der Waals surface area contributed by atoms with Crippen molar-refractivity contribution in [1.29, 1.82) is 0 Å². The van der Waals surface area contributed by atoms with Gasteiger partial charge in [0.1, 0.15) is 0 Å². The van der Waals surface area contributed by atoms with Gasteiger partial charge in [-0.1, -0.05) is 26.0 Å². The molecule has 0 spiro atoms. The summed E-state index contributed by atoms with van der Waals surface area (Å²) < 4.78 is 0. The molecule has 0 aliphatic carbocycles. The van der Waals surface area contributed by atoms with E-state index in [1.165, 1.54) is 11.3 Å². The molecular weight excluding hydrogens is 360 g/mol. The minimum atomic E-state index is -0.435. The Morgan fingerprint density at radius 2 is 2.11 bits per heavy atom. The van der Waals surface area contributed by atoms with Gasteiger partial charge in [0.15, 0.2) is 0 Å². The van der Waals surface area contributed by atoms with Crippen molar-refractivity contribution in [1.82, 2.24) is 20.1 Å². The number of carbonyl (C=O) groups excluding carboxylic acids is 2. The second-order valence-electron chi connectivity index (χ2n) is 6.58. The van der Waals surface area contributed by atoms with Gasteiger partial charge >= 0.3 is 0 Å². The van der Waals surface area contributed by atoms with Crippen LogP contribution in [0.3, 0.4) is 0 Å². The monoisotopic (exact) mass is 386 g/mol. The molecule has 1 aliphatic heterocycles. The Morgan fingerprint density at radius 3 is 2.81 bits per heavy atom. The van der Waals surface area contributed by atoms with Gasteiger partial charge in [-0.3, -0.25) is 14.6 Å². The number of rotatable bonds is 7. The van der Waals surface area contributed by atoms with Crippen LogP contribution in [0, 0.1) is 0 Å². The highest BCUT2D eigenvalue weighted by Crippen LogP contribution is 2.28. The molecular formula is C20H26N4O2S. The van der Waals surface area contributed by atoms with Gasteiger partial charge in [0, 0.05) is 32.4 Å². The van der Waals surface area contributed by atoms with Crippen molar-refractivity contribution in [3.05, 3.63) is 52.0 Å². The Hall–Kier alpha value is -2.25. The summed E-state index contributed by atoms with van der Waals surface area (Å²) in [6, 6.07) is 7.50. The number of thiophene rings is 1. The van der Waals surface area contributed by atoms with Crippen LogP contribution < -0.4 is 5.32 Å². The van der Waals surface area contributed by atoms with E-state index in [1.54, 1.807) is 11.1 Å². The first-order valence-electron chi connectivity index (χ1n) is 9.40. The summed E-state index contributed by atoms with van der Waals surface area (Å²) in [5.41, 5.74) is 1.73. The molecule has 0 saturated carbocycles. The highest BCUT2D eigenvalue weighted by atomic mass is 32.1. The van der Waals surface area contributed by atoms with Gasteiger partial charge in [-0.2, -0.15) is 0 Å². The third-order valence-electron chi connectivity index (χ3n) is 4.98. The largest absolute Gasteiger partial charge is 0.354 e. The summed E-state index contributed by atoms with van der Waals surface area (Å²) in [4.78, 5) is 34.8. The van der Waals surface area contributed by atoms with Crippen molar-refractivity contribution >= 4 is 23.2 Å². The third-order valence-corrected chi connectivity index (χ3v) is 5.84. The topological polar surface area (TPSA) is 65.5 Å². The Morgan fingerprint density at radius 1 is 1.30 bits per heavy atom. The van der Waals surface area contributed by atoms with Gasteiger partial charge in [-0.05, 0) is 36.2 Å². The molecule has 1 unspecified atom stereocenters. The number of pyridine rings is 1. The number of carbonyl (C=O) groups is 2. The average molecular weight is 387 g/mol. The number of hydrogen-bond donors (Lipinski definition) is 1. The number of amides is 2. The van der Waals surface area contributed by atoms with Gasteiger partial charge in [0.05, 0.1) is 16.5 Å². The van der Waals surface area contributed by atoms with Crippen LogP contribution in [0.25, 0.3) is 0 Å². The summed E-state index contributed by atoms with van der Waals surface area (Å²) in [7, 11) is 0. The lowest BCUT2D eigenvalue weighted by molar-refractivity contribution is -0.123. The van der Waals surface area contributed by atoms with Crippen molar-refractivity contribution < 1.29 is 9.59 Å². The second kappa shape index (κ2) is 9.10. The van der Waals surface area contributed by atoms with Crippen LogP contribution in [0.2, 0.25) is 0 Å². The lowest BCUT2D eigenvalue weighted by atomic mass is 9.93. The lowest BCUT2D eigenvalue weighted by Gasteiger charge is -2.33. The molecule has 2 amide bonds. The molecule has 144 valence electrons. The van der Waals surface area contributed by atoms with Crippen LogP contribution in [-0.2, 0) is 11.3 Å². The first-order valence-corrected chi connectivity index (χ1v) is 10.3. The minimum Gasteiger partial charge on any atom is -0.354 e. The van der Waals surface area contributed by atoms with Crippen molar-refractivity contribution in [3.63, 3.8) is 0 Å². The fourth-order valence-electron chi connectivity index (χ4n) is 3.39. The van der Waals surface area contributed by atoms with Gasteiger partial charge in [0.25, 0.3) is 5.91 Å². The van der Waals surface area contributed by atoms with Crippen molar-refractivity contribution in [3.8, 4) is 0 Å². The highest BCUT2D eigenvalue weighted by Gasteiger charge is 2.34. The van der Waals surface area contributed by atoms with Gasteiger partial charge < -0.3 is 15.1 Å². The van der Waals surface area contributed by atoms with Gasteiger partial charge in [0.2, 0.25) is 5.91 Å². The summed E-state index contributed by atoms with van der Waals surface area (Å²) in [6.45, 7) is 8.41. The molecule has 3 rings (SSSR count). The third kappa shape index (κ3) is 4.54. The molecule has 1 atom stereocenters. The van der Waals surface area contributed by atoms with E-state index < -0.39 is 5.92 Å². The van der Waals surface area contributed by atoms with Crippen molar-refractivity contribution in [2.45, 2.75) is 26.3 Å². The number of fused-ring (bicyclic) bond motifs is 1. The van der Waals surface area contributed by atoms with E-state index in [9.17, 15) is 9.59 Å². The molecule has 2 aromatic rings. The van der Waals surface area contributed by atoms with E-state index in [0.717, 1.165) is 30.9 Å². The summed E-state index contributed by atoms with van der Waals surface area (Å²) in [5.74, 6) is -0.526. The molecule has 0 aromatic carbocycles. The highest BCUT2D eigenvalue weighted by molar-refractivity contribution is 7.12. The van der Waals surface area contributed by atoms with E-state index in [2.05, 4.69) is 29.0 Å². The molecule has 0 fully saturated rings. The summed E-state index contributed by atoms with van der Waals surface area (Å²) >= 11 is 1.42. The Labute approximate surface area is 164 Å². The minimum absolute atomic E-state index is 0.0274. The van der Waals surface area contributed by atoms with Crippen LogP contribution in [0.5, 0.6) is 0 Å². The predicted molar refractivity (Wildman–Crippen MR) is 107 cm³/mol. The molecule has 2 aromatic heterocycles. The predicted octanol–water partition coefficient (Wildman–Crippen LogP) is 2.34. The maximum atomic E-state index is 12.9. The smallest absolute Gasteiger partial charge is 0.264 e. The Balaban J connectivity index is 1.72. The molecule has 7 heteroatoms. The number of hydrogen-bond acceptors (Lipinski definition) is 5. The van der Waals surface area contributed by atoms with Crippen LogP contribution >= 0.6 is 11.3 Å². The number of likely N-dealkylation sites (N-methyl/N-ethyl adjacent to an activating group) is 1. The lowest BCUT2D eigenvalue weighted by Crippen LogP contribution is -2.45. The molecule has 0 bridgehead atoms. The zero-order valence-electron chi connectivity index (χ0n) is 15.9. The fraction of sp³-hybridized carbons (Fsp3) is 0.450. The Bertz CT molecular complexity index is 774. The van der Waals surface area contributed by atoms with Crippen molar-refractivity contribution in [2.75, 3.05) is 32.7 Å². The fourth-order valence-corrected chi connectivity index (χ4v) is 4.08. The van der Waals surface area contributed by atoms with E-state index in [0.29, 0.717) is 24.5 Å². The van der Waals surface area contributed by atoms with Crippen LogP contribution in [0.1, 0.15) is 40.7 Å². The molecule has 3 heterocycles. The Kier molecular flexibility index (Phi) is 6.58. The summed E-state index contributed by atoms with van der Waals surface area (Å²) in [6.07, 6.45) is 1.71. The maximum absolute atomic E-state index is 12.9. The zero-order chi connectivity index (χ0) is 19.2. The van der Waals surface area contributed by atoms with Crippen molar-refractivity contribution in [2.24, 2.45) is 0 Å². The van der Waals surface area contributed by atoms with Crippen LogP contribution in [0.4, 0.5) is 0 Å². The van der Waals surface area contributed by atoms with Gasteiger partial charge in [-0.25, -0.2) is 0 Å². The molecule has 1 N–H and O–H groups in total. The van der Waals surface area contributed by atoms with E-state index in [4.69, 9.17) is 0 Å². The average Bonchev–Trinajstić information content (AvgIpc) is 3.24. The first-order chi connectivity index (χ1) is 13.1. The quantitative estimate of drug-likeness (QED) is 0.793. The normalized spacial score (nSPS) is 16.3. The molecule has 0 saturated heterocycles.